The van der Waals surface area contributed by atoms with Gasteiger partial charge in [0.15, 0.2) is 5.66 Å². The standard InChI is InChI=1S/C28H54O5P/c1-5-7-8-9-10-11-12-13-14-15-16-17-18-19-23-31-24-20-22-27(21-6-2)34(30)25-32-28(29)33-26(3)4/h6,21,26-27H,5,7-20,22-25H2,1-4H3/q+1. The number of carbonyl (C=O) groups excluding carboxylic acids is 1. The zero-order chi connectivity index (χ0) is 25.3. The topological polar surface area (TPSA) is 61.8 Å². The Kier molecular flexibility index (Phi) is 24.5. The first kappa shape index (κ1) is 33.1. The summed E-state index contributed by atoms with van der Waals surface area (Å²) in [7, 11) is -1.67. The van der Waals surface area contributed by atoms with Crippen molar-refractivity contribution < 1.29 is 23.6 Å². The third kappa shape index (κ3) is 22.8. The molecular weight excluding hydrogens is 447 g/mol. The van der Waals surface area contributed by atoms with Crippen LogP contribution in [0.25, 0.3) is 0 Å². The second-order valence-electron chi connectivity index (χ2n) is 9.55. The van der Waals surface area contributed by atoms with E-state index >= 15 is 0 Å². The molecule has 34 heavy (non-hydrogen) atoms. The van der Waals surface area contributed by atoms with E-state index in [1.807, 2.05) is 19.1 Å². The highest BCUT2D eigenvalue weighted by molar-refractivity contribution is 7.45. The molecule has 0 spiro atoms. The first-order valence-corrected chi connectivity index (χ1v) is 15.5. The molecular formula is C28H54O5P+. The fourth-order valence-corrected chi connectivity index (χ4v) is 5.15. The average Bonchev–Trinajstić information content (AvgIpc) is 2.80. The van der Waals surface area contributed by atoms with Gasteiger partial charge in [-0.15, -0.1) is 0 Å². The molecule has 0 heterocycles. The summed E-state index contributed by atoms with van der Waals surface area (Å²) in [5, 5.41) is 0. The van der Waals surface area contributed by atoms with Gasteiger partial charge in [0.2, 0.25) is 0 Å². The number of hydrogen-bond acceptors (Lipinski definition) is 5. The molecule has 0 aromatic rings. The summed E-state index contributed by atoms with van der Waals surface area (Å²) in [5.74, 6) is 0. The summed E-state index contributed by atoms with van der Waals surface area (Å²) < 4.78 is 28.1. The minimum atomic E-state index is -1.67. The van der Waals surface area contributed by atoms with Crippen LogP contribution in [0, 0.1) is 0 Å². The lowest BCUT2D eigenvalue weighted by atomic mass is 10.0. The Bertz CT molecular complexity index is 507. The van der Waals surface area contributed by atoms with E-state index < -0.39 is 14.0 Å². The third-order valence-electron chi connectivity index (χ3n) is 5.86. The lowest BCUT2D eigenvalue weighted by Gasteiger charge is -2.07. The monoisotopic (exact) mass is 501 g/mol. The molecule has 0 saturated carbocycles. The summed E-state index contributed by atoms with van der Waals surface area (Å²) in [6.45, 7) is 9.19. The zero-order valence-corrected chi connectivity index (χ0v) is 23.6. The van der Waals surface area contributed by atoms with E-state index in [1.54, 1.807) is 13.8 Å². The van der Waals surface area contributed by atoms with Gasteiger partial charge < -0.3 is 14.2 Å². The molecule has 0 aromatic carbocycles. The number of allylic oxidation sites excluding steroid dienone is 2. The van der Waals surface area contributed by atoms with Crippen molar-refractivity contribution in [3.8, 4) is 0 Å². The van der Waals surface area contributed by atoms with Crippen LogP contribution in [0.15, 0.2) is 12.2 Å². The van der Waals surface area contributed by atoms with Crippen LogP contribution in [0.4, 0.5) is 4.79 Å². The van der Waals surface area contributed by atoms with Crippen molar-refractivity contribution in [2.24, 2.45) is 0 Å². The van der Waals surface area contributed by atoms with E-state index in [4.69, 9.17) is 14.2 Å². The molecule has 0 bridgehead atoms. The molecule has 0 amide bonds. The molecule has 200 valence electrons. The van der Waals surface area contributed by atoms with Gasteiger partial charge in [0.1, 0.15) is 0 Å². The number of unbranched alkanes of at least 4 members (excludes halogenated alkanes) is 13. The highest BCUT2D eigenvalue weighted by atomic mass is 31.1. The smallest absolute Gasteiger partial charge is 0.431 e. The molecule has 0 rings (SSSR count). The first-order chi connectivity index (χ1) is 16.5. The molecule has 0 radical (unpaired) electrons. The highest BCUT2D eigenvalue weighted by Gasteiger charge is 2.29. The predicted octanol–water partition coefficient (Wildman–Crippen LogP) is 9.56. The molecule has 0 fully saturated rings. The Labute approximate surface area is 211 Å². The Morgan fingerprint density at radius 1 is 0.794 bits per heavy atom. The fourth-order valence-electron chi connectivity index (χ4n) is 3.89. The average molecular weight is 502 g/mol. The maximum Gasteiger partial charge on any atom is 0.512 e. The molecule has 0 saturated heterocycles. The van der Waals surface area contributed by atoms with Gasteiger partial charge in [0.25, 0.3) is 6.35 Å². The molecule has 2 unspecified atom stereocenters. The number of carbonyl (C=O) groups is 1. The van der Waals surface area contributed by atoms with Crippen LogP contribution in [0.1, 0.15) is 130 Å². The van der Waals surface area contributed by atoms with Crippen molar-refractivity contribution in [3.05, 3.63) is 12.2 Å². The summed E-state index contributed by atoms with van der Waals surface area (Å²) in [6.07, 6.45) is 23.4. The molecule has 0 aliphatic rings. The molecule has 0 aliphatic carbocycles. The van der Waals surface area contributed by atoms with Gasteiger partial charge in [0.05, 0.1) is 6.10 Å². The lowest BCUT2D eigenvalue weighted by Crippen LogP contribution is -2.14. The van der Waals surface area contributed by atoms with Gasteiger partial charge >= 0.3 is 14.0 Å². The quantitative estimate of drug-likeness (QED) is 0.0570. The minimum Gasteiger partial charge on any atom is -0.431 e. The maximum absolute atomic E-state index is 12.5. The van der Waals surface area contributed by atoms with E-state index in [2.05, 4.69) is 6.92 Å². The number of hydrogen-bond donors (Lipinski definition) is 0. The van der Waals surface area contributed by atoms with Crippen LogP contribution >= 0.6 is 7.80 Å². The predicted molar refractivity (Wildman–Crippen MR) is 144 cm³/mol. The van der Waals surface area contributed by atoms with Gasteiger partial charge in [-0.25, -0.2) is 4.79 Å². The zero-order valence-electron chi connectivity index (χ0n) is 22.7. The van der Waals surface area contributed by atoms with Gasteiger partial charge in [-0.2, -0.15) is 0 Å². The third-order valence-corrected chi connectivity index (χ3v) is 7.41. The van der Waals surface area contributed by atoms with E-state index in [-0.39, 0.29) is 18.1 Å². The molecule has 0 aromatic heterocycles. The van der Waals surface area contributed by atoms with Gasteiger partial charge in [0, 0.05) is 19.6 Å². The van der Waals surface area contributed by atoms with E-state index in [9.17, 15) is 9.36 Å². The van der Waals surface area contributed by atoms with E-state index in [0.717, 1.165) is 25.9 Å². The lowest BCUT2D eigenvalue weighted by molar-refractivity contribution is 0.0450. The SMILES string of the molecule is CC=CC(CCCOCCCCCCCCCCCCCCCC)[P+](=O)COC(=O)OC(C)C. The van der Waals surface area contributed by atoms with E-state index in [0.29, 0.717) is 6.61 Å². The van der Waals surface area contributed by atoms with Crippen LogP contribution in [-0.2, 0) is 18.8 Å². The Hall–Kier alpha value is -0.930. The largest absolute Gasteiger partial charge is 0.512 e. The summed E-state index contributed by atoms with van der Waals surface area (Å²) in [5.41, 5.74) is -0.100. The Morgan fingerprint density at radius 2 is 1.29 bits per heavy atom. The molecule has 5 nitrogen and oxygen atoms in total. The van der Waals surface area contributed by atoms with Crippen molar-refractivity contribution in [2.45, 2.75) is 142 Å². The van der Waals surface area contributed by atoms with Crippen molar-refractivity contribution in [3.63, 3.8) is 0 Å². The van der Waals surface area contributed by atoms with Crippen molar-refractivity contribution >= 4 is 14.0 Å². The van der Waals surface area contributed by atoms with Gasteiger partial charge in [-0.3, -0.25) is 0 Å². The number of rotatable bonds is 24. The first-order valence-electron chi connectivity index (χ1n) is 14.0. The molecule has 0 N–H and O–H groups in total. The minimum absolute atomic E-state index is 0.100. The van der Waals surface area contributed by atoms with Crippen LogP contribution < -0.4 is 0 Å². The summed E-state index contributed by atoms with van der Waals surface area (Å²) in [4.78, 5) is 11.5. The molecule has 0 aliphatic heterocycles. The summed E-state index contributed by atoms with van der Waals surface area (Å²) >= 11 is 0. The Balaban J connectivity index is 3.55. The van der Waals surface area contributed by atoms with Gasteiger partial charge in [-0.1, -0.05) is 101 Å². The van der Waals surface area contributed by atoms with Crippen molar-refractivity contribution in [2.75, 3.05) is 19.6 Å². The second-order valence-corrected chi connectivity index (χ2v) is 11.3. The molecule has 2 atom stereocenters. The fraction of sp³-hybridized carbons (Fsp3) is 0.893. The summed E-state index contributed by atoms with van der Waals surface area (Å²) in [6, 6.07) is 0. The second kappa shape index (κ2) is 25.2. The molecule has 6 heteroatoms. The van der Waals surface area contributed by atoms with E-state index in [1.165, 1.54) is 83.5 Å². The van der Waals surface area contributed by atoms with Crippen LogP contribution in [0.5, 0.6) is 0 Å². The van der Waals surface area contributed by atoms with Crippen LogP contribution in [-0.4, -0.2) is 37.5 Å². The number of ether oxygens (including phenoxy) is 3. The van der Waals surface area contributed by atoms with Crippen molar-refractivity contribution in [1.82, 2.24) is 0 Å². The Morgan fingerprint density at radius 3 is 1.79 bits per heavy atom. The van der Waals surface area contributed by atoms with Crippen molar-refractivity contribution in [1.29, 1.82) is 0 Å². The normalized spacial score (nSPS) is 12.9. The highest BCUT2D eigenvalue weighted by Crippen LogP contribution is 2.32. The van der Waals surface area contributed by atoms with Crippen LogP contribution in [0.3, 0.4) is 0 Å². The maximum atomic E-state index is 12.5. The van der Waals surface area contributed by atoms with Crippen LogP contribution in [0.2, 0.25) is 0 Å². The van der Waals surface area contributed by atoms with Gasteiger partial charge in [-0.05, 0) is 39.7 Å².